The Morgan fingerprint density at radius 1 is 1.41 bits per heavy atom. The molecular formula is C16H24N4OS. The van der Waals surface area contributed by atoms with Gasteiger partial charge in [-0.05, 0) is 18.4 Å². The van der Waals surface area contributed by atoms with Crippen molar-refractivity contribution in [2.75, 3.05) is 32.8 Å². The van der Waals surface area contributed by atoms with Gasteiger partial charge in [-0.15, -0.1) is 11.3 Å². The van der Waals surface area contributed by atoms with Gasteiger partial charge in [-0.3, -0.25) is 4.90 Å². The van der Waals surface area contributed by atoms with Crippen LogP contribution in [0, 0.1) is 0 Å². The van der Waals surface area contributed by atoms with E-state index < -0.39 is 0 Å². The number of rotatable bonds is 7. The highest BCUT2D eigenvalue weighted by atomic mass is 32.1. The maximum Gasteiger partial charge on any atom is 0.122 e. The lowest BCUT2D eigenvalue weighted by molar-refractivity contribution is 0.0168. The largest absolute Gasteiger partial charge is 0.379 e. The zero-order valence-corrected chi connectivity index (χ0v) is 13.9. The van der Waals surface area contributed by atoms with Gasteiger partial charge in [0.05, 0.1) is 25.8 Å². The fourth-order valence-electron chi connectivity index (χ4n) is 2.90. The van der Waals surface area contributed by atoms with Crippen LogP contribution in [-0.4, -0.2) is 47.3 Å². The number of nitrogens with one attached hydrogen (secondary N) is 1. The number of thiophene rings is 1. The van der Waals surface area contributed by atoms with E-state index in [4.69, 9.17) is 4.74 Å². The maximum absolute atomic E-state index is 5.49. The molecule has 6 heteroatoms. The van der Waals surface area contributed by atoms with Crippen LogP contribution in [-0.2, 0) is 17.8 Å². The van der Waals surface area contributed by atoms with Crippen molar-refractivity contribution in [3.05, 3.63) is 40.6 Å². The third kappa shape index (κ3) is 3.76. The number of hydrogen-bond acceptors (Lipinski definition) is 5. The molecule has 1 aliphatic heterocycles. The molecule has 0 saturated carbocycles. The highest BCUT2D eigenvalue weighted by Crippen LogP contribution is 2.25. The van der Waals surface area contributed by atoms with Crippen LogP contribution in [0.15, 0.2) is 29.9 Å². The first-order valence-corrected chi connectivity index (χ1v) is 8.82. The van der Waals surface area contributed by atoms with Crippen molar-refractivity contribution in [1.29, 1.82) is 0 Å². The van der Waals surface area contributed by atoms with Gasteiger partial charge in [0.1, 0.15) is 5.82 Å². The van der Waals surface area contributed by atoms with Crippen LogP contribution in [0.5, 0.6) is 0 Å². The zero-order valence-electron chi connectivity index (χ0n) is 13.1. The third-order valence-corrected chi connectivity index (χ3v) is 5.09. The number of nitrogens with zero attached hydrogens (tertiary/aromatic N) is 3. The monoisotopic (exact) mass is 320 g/mol. The van der Waals surface area contributed by atoms with E-state index in [2.05, 4.69) is 44.2 Å². The summed E-state index contributed by atoms with van der Waals surface area (Å²) in [4.78, 5) is 8.38. The number of hydrogen-bond donors (Lipinski definition) is 1. The summed E-state index contributed by atoms with van der Waals surface area (Å²) in [7, 11) is 0. The van der Waals surface area contributed by atoms with Crippen LogP contribution in [0.2, 0.25) is 0 Å². The molecule has 1 N–H and O–H groups in total. The minimum Gasteiger partial charge on any atom is -0.379 e. The van der Waals surface area contributed by atoms with E-state index >= 15 is 0 Å². The quantitative estimate of drug-likeness (QED) is 0.849. The number of aryl methyl sites for hydroxylation is 1. The van der Waals surface area contributed by atoms with Crippen LogP contribution < -0.4 is 5.32 Å². The molecule has 0 amide bonds. The molecule has 1 fully saturated rings. The van der Waals surface area contributed by atoms with Crippen LogP contribution in [0.25, 0.3) is 0 Å². The minimum absolute atomic E-state index is 0.425. The average molecular weight is 320 g/mol. The first-order chi connectivity index (χ1) is 10.9. The van der Waals surface area contributed by atoms with Crippen LogP contribution in [0.4, 0.5) is 0 Å². The molecule has 0 bridgehead atoms. The van der Waals surface area contributed by atoms with Gasteiger partial charge in [0.25, 0.3) is 0 Å². The number of imidazole rings is 1. The second kappa shape index (κ2) is 7.87. The van der Waals surface area contributed by atoms with Gasteiger partial charge < -0.3 is 14.6 Å². The highest BCUT2D eigenvalue weighted by molar-refractivity contribution is 7.10. The Morgan fingerprint density at radius 2 is 2.27 bits per heavy atom. The number of aromatic nitrogens is 2. The Balaban J connectivity index is 1.60. The molecule has 5 nitrogen and oxygen atoms in total. The summed E-state index contributed by atoms with van der Waals surface area (Å²) in [5.74, 6) is 1.11. The molecule has 0 radical (unpaired) electrons. The van der Waals surface area contributed by atoms with Crippen LogP contribution in [0.1, 0.15) is 23.7 Å². The molecular weight excluding hydrogens is 296 g/mol. The number of morpholine rings is 1. The molecule has 1 atom stereocenters. The Bertz CT molecular complexity index is 548. The summed E-state index contributed by atoms with van der Waals surface area (Å²) >= 11 is 1.84. The SMILES string of the molecule is CCn1ccnc1CNC[C@H](c1cccs1)N1CCOCC1. The van der Waals surface area contributed by atoms with Crippen molar-refractivity contribution in [2.24, 2.45) is 0 Å². The van der Waals surface area contributed by atoms with Crippen LogP contribution in [0.3, 0.4) is 0 Å². The van der Waals surface area contributed by atoms with Crippen molar-refractivity contribution in [3.8, 4) is 0 Å². The summed E-state index contributed by atoms with van der Waals surface area (Å²) in [5, 5.41) is 5.75. The smallest absolute Gasteiger partial charge is 0.122 e. The van der Waals surface area contributed by atoms with Crippen molar-refractivity contribution in [3.63, 3.8) is 0 Å². The molecule has 120 valence electrons. The lowest BCUT2D eigenvalue weighted by atomic mass is 10.2. The van der Waals surface area contributed by atoms with Gasteiger partial charge in [0, 0.05) is 43.4 Å². The maximum atomic E-state index is 5.49. The molecule has 0 unspecified atom stereocenters. The molecule has 1 saturated heterocycles. The Kier molecular flexibility index (Phi) is 5.61. The van der Waals surface area contributed by atoms with E-state index in [9.17, 15) is 0 Å². The van der Waals surface area contributed by atoms with Gasteiger partial charge in [-0.1, -0.05) is 6.07 Å². The number of ether oxygens (including phenoxy) is 1. The van der Waals surface area contributed by atoms with Gasteiger partial charge in [-0.25, -0.2) is 4.98 Å². The standard InChI is InChI=1S/C16H24N4OS/c1-2-19-6-5-18-16(19)13-17-12-14(15-4-3-11-22-15)20-7-9-21-10-8-20/h3-6,11,14,17H,2,7-10,12-13H2,1H3/t14-/m1/s1. The van der Waals surface area contributed by atoms with Crippen molar-refractivity contribution in [1.82, 2.24) is 19.8 Å². The van der Waals surface area contributed by atoms with E-state index in [0.29, 0.717) is 6.04 Å². The second-order valence-electron chi connectivity index (χ2n) is 5.44. The van der Waals surface area contributed by atoms with E-state index in [1.807, 2.05) is 23.7 Å². The Labute approximate surface area is 135 Å². The lowest BCUT2D eigenvalue weighted by Gasteiger charge is -2.34. The molecule has 0 aliphatic carbocycles. The topological polar surface area (TPSA) is 42.3 Å². The lowest BCUT2D eigenvalue weighted by Crippen LogP contribution is -2.42. The van der Waals surface area contributed by atoms with E-state index in [1.54, 1.807) is 0 Å². The Morgan fingerprint density at radius 3 is 3.00 bits per heavy atom. The molecule has 3 rings (SSSR count). The summed E-state index contributed by atoms with van der Waals surface area (Å²) in [6.07, 6.45) is 3.91. The summed E-state index contributed by atoms with van der Waals surface area (Å²) in [5.41, 5.74) is 0. The molecule has 0 aromatic carbocycles. The fourth-order valence-corrected chi connectivity index (χ4v) is 3.76. The van der Waals surface area contributed by atoms with Gasteiger partial charge in [0.2, 0.25) is 0 Å². The van der Waals surface area contributed by atoms with Gasteiger partial charge >= 0.3 is 0 Å². The molecule has 2 aromatic heterocycles. The van der Waals surface area contributed by atoms with Crippen LogP contribution >= 0.6 is 11.3 Å². The average Bonchev–Trinajstić information content (AvgIpc) is 3.23. The molecule has 2 aromatic rings. The molecule has 3 heterocycles. The van der Waals surface area contributed by atoms with Crippen molar-refractivity contribution >= 4 is 11.3 Å². The van der Waals surface area contributed by atoms with E-state index in [-0.39, 0.29) is 0 Å². The predicted molar refractivity (Wildman–Crippen MR) is 89.1 cm³/mol. The highest BCUT2D eigenvalue weighted by Gasteiger charge is 2.23. The fraction of sp³-hybridized carbons (Fsp3) is 0.562. The first kappa shape index (κ1) is 15.7. The van der Waals surface area contributed by atoms with Gasteiger partial charge in [-0.2, -0.15) is 0 Å². The Hall–Kier alpha value is -1.21. The minimum atomic E-state index is 0.425. The molecule has 1 aliphatic rings. The molecule has 0 spiro atoms. The normalized spacial score (nSPS) is 17.7. The summed E-state index contributed by atoms with van der Waals surface area (Å²) in [6, 6.07) is 4.80. The van der Waals surface area contributed by atoms with Crippen molar-refractivity contribution < 1.29 is 4.74 Å². The van der Waals surface area contributed by atoms with Gasteiger partial charge in [0.15, 0.2) is 0 Å². The first-order valence-electron chi connectivity index (χ1n) is 7.94. The molecule has 22 heavy (non-hydrogen) atoms. The van der Waals surface area contributed by atoms with Crippen molar-refractivity contribution in [2.45, 2.75) is 26.1 Å². The third-order valence-electron chi connectivity index (χ3n) is 4.12. The summed E-state index contributed by atoms with van der Waals surface area (Å²) in [6.45, 7) is 8.55. The predicted octanol–water partition coefficient (Wildman–Crippen LogP) is 2.13. The second-order valence-corrected chi connectivity index (χ2v) is 6.42. The summed E-state index contributed by atoms with van der Waals surface area (Å²) < 4.78 is 7.67. The van der Waals surface area contributed by atoms with E-state index in [1.165, 1.54) is 4.88 Å². The zero-order chi connectivity index (χ0) is 15.2. The van der Waals surface area contributed by atoms with E-state index in [0.717, 1.165) is 51.8 Å².